The molecule has 0 spiro atoms. The quantitative estimate of drug-likeness (QED) is 0.792. The Morgan fingerprint density at radius 3 is 2.76 bits per heavy atom. The molecule has 1 aromatic rings. The number of aromatic nitrogens is 2. The Kier molecular flexibility index (Phi) is 2.84. The molecule has 92 valence electrons. The number of nitrogens with two attached hydrogens (primary N) is 1. The predicted octanol–water partition coefficient (Wildman–Crippen LogP) is 0.421. The van der Waals surface area contributed by atoms with Gasteiger partial charge in [0.25, 0.3) is 0 Å². The van der Waals surface area contributed by atoms with Crippen molar-refractivity contribution in [3.8, 4) is 0 Å². The lowest BCUT2D eigenvalue weighted by molar-refractivity contribution is 0.584. The van der Waals surface area contributed by atoms with Crippen LogP contribution in [0.1, 0.15) is 18.5 Å². The van der Waals surface area contributed by atoms with Crippen LogP contribution in [-0.2, 0) is 6.42 Å². The highest BCUT2D eigenvalue weighted by Gasteiger charge is 2.23. The van der Waals surface area contributed by atoms with Crippen LogP contribution in [0.2, 0.25) is 0 Å². The molecule has 1 aromatic heterocycles. The van der Waals surface area contributed by atoms with Crippen LogP contribution in [0.4, 0.5) is 11.8 Å². The van der Waals surface area contributed by atoms with Crippen LogP contribution < -0.4 is 16.0 Å². The van der Waals surface area contributed by atoms with E-state index in [-0.39, 0.29) is 0 Å². The Morgan fingerprint density at radius 2 is 2.06 bits per heavy atom. The minimum atomic E-state index is 0.414. The highest BCUT2D eigenvalue weighted by molar-refractivity contribution is 5.44. The Balaban J connectivity index is 1.79. The maximum absolute atomic E-state index is 5.80. The monoisotopic (exact) mass is 233 g/mol. The topological polar surface area (TPSA) is 67.1 Å². The van der Waals surface area contributed by atoms with Crippen molar-refractivity contribution < 1.29 is 0 Å². The zero-order valence-electron chi connectivity index (χ0n) is 10.0. The molecule has 1 aliphatic carbocycles. The van der Waals surface area contributed by atoms with E-state index in [9.17, 15) is 0 Å². The molecular weight excluding hydrogens is 214 g/mol. The fraction of sp³-hybridized carbons (Fsp3) is 0.667. The van der Waals surface area contributed by atoms with E-state index in [0.29, 0.717) is 5.95 Å². The molecule has 1 saturated carbocycles. The van der Waals surface area contributed by atoms with Gasteiger partial charge >= 0.3 is 0 Å². The van der Waals surface area contributed by atoms with Gasteiger partial charge in [0.2, 0.25) is 5.95 Å². The molecule has 2 fully saturated rings. The standard InChI is InChI=1S/C12H19N5/c13-12-15-10(7-9-1-2-9)8-11(16-12)17-5-3-14-4-6-17/h8-9,14H,1-7H2,(H2,13,15,16). The molecule has 2 heterocycles. The maximum atomic E-state index is 5.80. The fourth-order valence-electron chi connectivity index (χ4n) is 2.28. The molecule has 0 unspecified atom stereocenters. The lowest BCUT2D eigenvalue weighted by atomic mass is 10.2. The summed E-state index contributed by atoms with van der Waals surface area (Å²) in [4.78, 5) is 11.0. The van der Waals surface area contributed by atoms with Gasteiger partial charge in [-0.3, -0.25) is 0 Å². The number of nitrogen functional groups attached to an aromatic ring is 1. The van der Waals surface area contributed by atoms with Gasteiger partial charge in [-0.25, -0.2) is 4.98 Å². The van der Waals surface area contributed by atoms with Gasteiger partial charge in [-0.2, -0.15) is 4.98 Å². The third-order valence-corrected chi connectivity index (χ3v) is 3.42. The molecule has 2 aliphatic rings. The number of piperazine rings is 1. The SMILES string of the molecule is Nc1nc(CC2CC2)cc(N2CCNCC2)n1. The summed E-state index contributed by atoms with van der Waals surface area (Å²) < 4.78 is 0. The molecular formula is C12H19N5. The molecule has 17 heavy (non-hydrogen) atoms. The van der Waals surface area contributed by atoms with Crippen molar-refractivity contribution in [1.29, 1.82) is 0 Å². The van der Waals surface area contributed by atoms with Crippen LogP contribution in [0.15, 0.2) is 6.07 Å². The number of hydrogen-bond acceptors (Lipinski definition) is 5. The van der Waals surface area contributed by atoms with Crippen LogP contribution in [-0.4, -0.2) is 36.1 Å². The second-order valence-electron chi connectivity index (χ2n) is 4.96. The van der Waals surface area contributed by atoms with Crippen molar-refractivity contribution in [2.75, 3.05) is 36.8 Å². The summed E-state index contributed by atoms with van der Waals surface area (Å²) >= 11 is 0. The Hall–Kier alpha value is -1.36. The molecule has 0 aromatic carbocycles. The normalized spacial score (nSPS) is 20.6. The molecule has 5 heteroatoms. The first-order valence-electron chi connectivity index (χ1n) is 6.40. The highest BCUT2D eigenvalue weighted by Crippen LogP contribution is 2.32. The van der Waals surface area contributed by atoms with E-state index >= 15 is 0 Å². The Labute approximate surface area is 101 Å². The summed E-state index contributed by atoms with van der Waals surface area (Å²) in [7, 11) is 0. The third-order valence-electron chi connectivity index (χ3n) is 3.42. The molecule has 0 atom stereocenters. The maximum Gasteiger partial charge on any atom is 0.222 e. The van der Waals surface area contributed by atoms with E-state index in [1.807, 2.05) is 0 Å². The molecule has 3 N–H and O–H groups in total. The molecule has 5 nitrogen and oxygen atoms in total. The second kappa shape index (κ2) is 4.49. The van der Waals surface area contributed by atoms with Crippen LogP contribution in [0.5, 0.6) is 0 Å². The van der Waals surface area contributed by atoms with Crippen molar-refractivity contribution in [2.45, 2.75) is 19.3 Å². The lowest BCUT2D eigenvalue weighted by Crippen LogP contribution is -2.44. The zero-order chi connectivity index (χ0) is 11.7. The summed E-state index contributed by atoms with van der Waals surface area (Å²) in [5.41, 5.74) is 6.90. The van der Waals surface area contributed by atoms with Crippen LogP contribution >= 0.6 is 0 Å². The number of anilines is 2. The Morgan fingerprint density at radius 1 is 1.29 bits per heavy atom. The third kappa shape index (κ3) is 2.66. The second-order valence-corrected chi connectivity index (χ2v) is 4.96. The molecule has 1 saturated heterocycles. The first kappa shape index (κ1) is 10.8. The number of hydrogen-bond donors (Lipinski definition) is 2. The van der Waals surface area contributed by atoms with E-state index < -0.39 is 0 Å². The van der Waals surface area contributed by atoms with Gasteiger partial charge in [0, 0.05) is 37.9 Å². The molecule has 1 aliphatic heterocycles. The fourth-order valence-corrected chi connectivity index (χ4v) is 2.28. The largest absolute Gasteiger partial charge is 0.368 e. The molecule has 0 radical (unpaired) electrons. The van der Waals surface area contributed by atoms with Gasteiger partial charge in [0.15, 0.2) is 0 Å². The van der Waals surface area contributed by atoms with Crippen molar-refractivity contribution in [1.82, 2.24) is 15.3 Å². The van der Waals surface area contributed by atoms with E-state index in [0.717, 1.165) is 50.0 Å². The highest BCUT2D eigenvalue weighted by atomic mass is 15.2. The van der Waals surface area contributed by atoms with Crippen molar-refractivity contribution in [3.05, 3.63) is 11.8 Å². The molecule has 0 bridgehead atoms. The van der Waals surface area contributed by atoms with Gasteiger partial charge in [-0.05, 0) is 25.2 Å². The minimum absolute atomic E-state index is 0.414. The van der Waals surface area contributed by atoms with Crippen LogP contribution in [0, 0.1) is 5.92 Å². The summed E-state index contributed by atoms with van der Waals surface area (Å²) in [5.74, 6) is 2.24. The first-order valence-corrected chi connectivity index (χ1v) is 6.40. The van der Waals surface area contributed by atoms with Gasteiger partial charge in [-0.1, -0.05) is 0 Å². The van der Waals surface area contributed by atoms with Crippen molar-refractivity contribution in [2.24, 2.45) is 5.92 Å². The van der Waals surface area contributed by atoms with E-state index in [4.69, 9.17) is 5.73 Å². The van der Waals surface area contributed by atoms with Crippen LogP contribution in [0.25, 0.3) is 0 Å². The smallest absolute Gasteiger partial charge is 0.222 e. The first-order chi connectivity index (χ1) is 8.31. The number of nitrogens with one attached hydrogen (secondary N) is 1. The van der Waals surface area contributed by atoms with E-state index in [2.05, 4.69) is 26.3 Å². The van der Waals surface area contributed by atoms with E-state index in [1.165, 1.54) is 12.8 Å². The number of rotatable bonds is 3. The van der Waals surface area contributed by atoms with Crippen molar-refractivity contribution in [3.63, 3.8) is 0 Å². The molecule has 3 rings (SSSR count). The zero-order valence-corrected chi connectivity index (χ0v) is 10.0. The van der Waals surface area contributed by atoms with E-state index in [1.54, 1.807) is 0 Å². The minimum Gasteiger partial charge on any atom is -0.368 e. The van der Waals surface area contributed by atoms with Crippen LogP contribution in [0.3, 0.4) is 0 Å². The lowest BCUT2D eigenvalue weighted by Gasteiger charge is -2.28. The van der Waals surface area contributed by atoms with Gasteiger partial charge in [0.1, 0.15) is 5.82 Å². The van der Waals surface area contributed by atoms with Crippen molar-refractivity contribution >= 4 is 11.8 Å². The van der Waals surface area contributed by atoms with Gasteiger partial charge < -0.3 is 16.0 Å². The summed E-state index contributed by atoms with van der Waals surface area (Å²) in [6.45, 7) is 4.03. The summed E-state index contributed by atoms with van der Waals surface area (Å²) in [6, 6.07) is 2.11. The Bertz CT molecular complexity index is 396. The summed E-state index contributed by atoms with van der Waals surface area (Å²) in [5, 5.41) is 3.34. The average molecular weight is 233 g/mol. The number of nitrogens with zero attached hydrogens (tertiary/aromatic N) is 3. The van der Waals surface area contributed by atoms with Gasteiger partial charge in [0.05, 0.1) is 0 Å². The molecule has 0 amide bonds. The predicted molar refractivity (Wildman–Crippen MR) is 68.0 cm³/mol. The average Bonchev–Trinajstić information content (AvgIpc) is 3.13. The summed E-state index contributed by atoms with van der Waals surface area (Å²) in [6.07, 6.45) is 3.74. The van der Waals surface area contributed by atoms with Gasteiger partial charge in [-0.15, -0.1) is 0 Å².